The highest BCUT2D eigenvalue weighted by atomic mass is 16.5. The first-order chi connectivity index (χ1) is 8.38. The zero-order chi connectivity index (χ0) is 11.9. The van der Waals surface area contributed by atoms with Gasteiger partial charge in [-0.05, 0) is 12.5 Å². The van der Waals surface area contributed by atoms with Gasteiger partial charge >= 0.3 is 0 Å². The lowest BCUT2D eigenvalue weighted by molar-refractivity contribution is 0.388. The van der Waals surface area contributed by atoms with Crippen LogP contribution in [0.15, 0.2) is 35.2 Å². The molecule has 2 rings (SSSR count). The van der Waals surface area contributed by atoms with Gasteiger partial charge in [-0.2, -0.15) is 0 Å². The first kappa shape index (κ1) is 11.4. The molecular formula is C12H16N4O. The van der Waals surface area contributed by atoms with Gasteiger partial charge < -0.3 is 15.2 Å². The van der Waals surface area contributed by atoms with E-state index in [1.54, 1.807) is 12.4 Å². The van der Waals surface area contributed by atoms with Crippen LogP contribution in [-0.4, -0.2) is 16.7 Å². The topological polar surface area (TPSA) is 63.0 Å². The molecule has 2 aromatic rings. The summed E-state index contributed by atoms with van der Waals surface area (Å²) in [6.45, 7) is 3.69. The summed E-state index contributed by atoms with van der Waals surface area (Å²) in [6.07, 6.45) is 6.33. The second kappa shape index (κ2) is 5.89. The van der Waals surface area contributed by atoms with Gasteiger partial charge in [-0.25, -0.2) is 0 Å². The molecular weight excluding hydrogens is 216 g/mol. The van der Waals surface area contributed by atoms with Crippen LogP contribution in [0.2, 0.25) is 0 Å². The van der Waals surface area contributed by atoms with Crippen LogP contribution < -0.4 is 10.6 Å². The van der Waals surface area contributed by atoms with E-state index in [2.05, 4.69) is 27.7 Å². The third-order valence-corrected chi connectivity index (χ3v) is 2.28. The highest BCUT2D eigenvalue weighted by Gasteiger charge is 1.99. The van der Waals surface area contributed by atoms with Gasteiger partial charge in [0.15, 0.2) is 5.76 Å². The van der Waals surface area contributed by atoms with Crippen LogP contribution in [-0.2, 0) is 6.54 Å². The molecule has 0 unspecified atom stereocenters. The molecule has 2 heterocycles. The van der Waals surface area contributed by atoms with Crippen molar-refractivity contribution >= 4 is 11.4 Å². The third kappa shape index (κ3) is 3.48. The Kier molecular flexibility index (Phi) is 3.96. The standard InChI is InChI=1S/C12H16N4O/c1-2-4-14-10-6-11(8-13-7-10)15-9-12-3-5-16-17-12/h3,5-8,14-15H,2,4,9H2,1H3. The lowest BCUT2D eigenvalue weighted by Crippen LogP contribution is -2.02. The molecule has 0 aliphatic heterocycles. The van der Waals surface area contributed by atoms with Crippen molar-refractivity contribution in [2.45, 2.75) is 19.9 Å². The molecule has 5 heteroatoms. The van der Waals surface area contributed by atoms with Crippen molar-refractivity contribution in [3.63, 3.8) is 0 Å². The van der Waals surface area contributed by atoms with Crippen LogP contribution in [0, 0.1) is 0 Å². The van der Waals surface area contributed by atoms with E-state index < -0.39 is 0 Å². The minimum absolute atomic E-state index is 0.610. The molecule has 90 valence electrons. The quantitative estimate of drug-likeness (QED) is 0.801. The minimum Gasteiger partial charge on any atom is -0.384 e. The Bertz CT molecular complexity index is 442. The predicted molar refractivity (Wildman–Crippen MR) is 66.8 cm³/mol. The summed E-state index contributed by atoms with van der Waals surface area (Å²) in [5.41, 5.74) is 1.98. The van der Waals surface area contributed by atoms with E-state index in [-0.39, 0.29) is 0 Å². The first-order valence-electron chi connectivity index (χ1n) is 5.71. The number of hydrogen-bond acceptors (Lipinski definition) is 5. The average Bonchev–Trinajstić information content (AvgIpc) is 2.87. The summed E-state index contributed by atoms with van der Waals surface area (Å²) in [5, 5.41) is 10.2. The molecule has 0 aromatic carbocycles. The van der Waals surface area contributed by atoms with Crippen LogP contribution in [0.25, 0.3) is 0 Å². The zero-order valence-electron chi connectivity index (χ0n) is 9.81. The number of pyridine rings is 1. The molecule has 0 spiro atoms. The lowest BCUT2D eigenvalue weighted by atomic mass is 10.3. The van der Waals surface area contributed by atoms with Crippen molar-refractivity contribution in [3.8, 4) is 0 Å². The molecule has 0 bridgehead atoms. The van der Waals surface area contributed by atoms with Crippen molar-refractivity contribution in [1.82, 2.24) is 10.1 Å². The molecule has 0 fully saturated rings. The van der Waals surface area contributed by atoms with Crippen LogP contribution >= 0.6 is 0 Å². The summed E-state index contributed by atoms with van der Waals surface area (Å²) < 4.78 is 5.00. The number of rotatable bonds is 6. The molecule has 0 atom stereocenters. The smallest absolute Gasteiger partial charge is 0.155 e. The van der Waals surface area contributed by atoms with Crippen LogP contribution in [0.5, 0.6) is 0 Å². The van der Waals surface area contributed by atoms with Crippen molar-refractivity contribution < 1.29 is 4.52 Å². The second-order valence-corrected chi connectivity index (χ2v) is 3.72. The minimum atomic E-state index is 0.610. The summed E-state index contributed by atoms with van der Waals surface area (Å²) in [5.74, 6) is 0.803. The van der Waals surface area contributed by atoms with Crippen LogP contribution in [0.4, 0.5) is 11.4 Å². The fraction of sp³-hybridized carbons (Fsp3) is 0.333. The molecule has 0 aliphatic carbocycles. The van der Waals surface area contributed by atoms with Crippen LogP contribution in [0.1, 0.15) is 19.1 Å². The third-order valence-electron chi connectivity index (χ3n) is 2.28. The molecule has 0 radical (unpaired) electrons. The summed E-state index contributed by atoms with van der Waals surface area (Å²) in [7, 11) is 0. The Morgan fingerprint density at radius 2 is 2.06 bits per heavy atom. The molecule has 17 heavy (non-hydrogen) atoms. The van der Waals surface area contributed by atoms with Crippen molar-refractivity contribution in [2.75, 3.05) is 17.2 Å². The normalized spacial score (nSPS) is 10.2. The molecule has 0 aliphatic rings. The second-order valence-electron chi connectivity index (χ2n) is 3.72. The molecule has 0 amide bonds. The number of hydrogen-bond donors (Lipinski definition) is 2. The van der Waals surface area contributed by atoms with Gasteiger partial charge in [0.1, 0.15) is 0 Å². The Morgan fingerprint density at radius 1 is 1.24 bits per heavy atom. The highest BCUT2D eigenvalue weighted by Crippen LogP contribution is 2.13. The molecule has 2 N–H and O–H groups in total. The lowest BCUT2D eigenvalue weighted by Gasteiger charge is -2.07. The van der Waals surface area contributed by atoms with Crippen molar-refractivity contribution in [3.05, 3.63) is 36.5 Å². The highest BCUT2D eigenvalue weighted by molar-refractivity contribution is 5.53. The number of anilines is 2. The Morgan fingerprint density at radius 3 is 2.76 bits per heavy atom. The van der Waals surface area contributed by atoms with E-state index in [0.29, 0.717) is 6.54 Å². The van der Waals surface area contributed by atoms with Crippen molar-refractivity contribution in [2.24, 2.45) is 0 Å². The van der Waals surface area contributed by atoms with Crippen molar-refractivity contribution in [1.29, 1.82) is 0 Å². The SMILES string of the molecule is CCCNc1cncc(NCc2ccno2)c1. The molecule has 0 saturated carbocycles. The molecule has 2 aromatic heterocycles. The van der Waals surface area contributed by atoms with Gasteiger partial charge in [0.25, 0.3) is 0 Å². The summed E-state index contributed by atoms with van der Waals surface area (Å²) in [6, 6.07) is 3.86. The van der Waals surface area contributed by atoms with Gasteiger partial charge in [0.2, 0.25) is 0 Å². The first-order valence-corrected chi connectivity index (χ1v) is 5.71. The largest absolute Gasteiger partial charge is 0.384 e. The summed E-state index contributed by atoms with van der Waals surface area (Å²) >= 11 is 0. The Labute approximate surface area is 100 Å². The average molecular weight is 232 g/mol. The van der Waals surface area contributed by atoms with E-state index in [4.69, 9.17) is 4.52 Å². The van der Waals surface area contributed by atoms with E-state index in [0.717, 1.165) is 30.1 Å². The van der Waals surface area contributed by atoms with E-state index in [9.17, 15) is 0 Å². The maximum atomic E-state index is 5.00. The molecule has 0 saturated heterocycles. The molecule has 5 nitrogen and oxygen atoms in total. The van der Waals surface area contributed by atoms with E-state index in [1.807, 2.05) is 18.3 Å². The summed E-state index contributed by atoms with van der Waals surface area (Å²) in [4.78, 5) is 4.17. The van der Waals surface area contributed by atoms with Gasteiger partial charge in [-0.15, -0.1) is 0 Å². The van der Waals surface area contributed by atoms with E-state index in [1.165, 1.54) is 0 Å². The van der Waals surface area contributed by atoms with E-state index >= 15 is 0 Å². The van der Waals surface area contributed by atoms with Gasteiger partial charge in [-0.3, -0.25) is 4.98 Å². The fourth-order valence-electron chi connectivity index (χ4n) is 1.43. The monoisotopic (exact) mass is 232 g/mol. The maximum absolute atomic E-state index is 5.00. The van der Waals surface area contributed by atoms with Gasteiger partial charge in [0, 0.05) is 12.6 Å². The Balaban J connectivity index is 1.91. The maximum Gasteiger partial charge on any atom is 0.155 e. The number of nitrogens with one attached hydrogen (secondary N) is 2. The fourth-order valence-corrected chi connectivity index (χ4v) is 1.43. The van der Waals surface area contributed by atoms with Crippen LogP contribution in [0.3, 0.4) is 0 Å². The number of aromatic nitrogens is 2. The zero-order valence-corrected chi connectivity index (χ0v) is 9.81. The van der Waals surface area contributed by atoms with Gasteiger partial charge in [-0.1, -0.05) is 12.1 Å². The van der Waals surface area contributed by atoms with Gasteiger partial charge in [0.05, 0.1) is 36.5 Å². The number of nitrogens with zero attached hydrogens (tertiary/aromatic N) is 2. The Hall–Kier alpha value is -2.04. The predicted octanol–water partition coefficient (Wildman–Crippen LogP) is 2.50.